The monoisotopic (exact) mass is 1130 g/mol. The minimum absolute atomic E-state index is 0. The van der Waals surface area contributed by atoms with Crippen molar-refractivity contribution in [2.75, 3.05) is 9.80 Å². The summed E-state index contributed by atoms with van der Waals surface area (Å²) in [7, 11) is 0. The minimum atomic E-state index is -0.243. The summed E-state index contributed by atoms with van der Waals surface area (Å²) in [5.41, 5.74) is 15.6. The van der Waals surface area contributed by atoms with Crippen LogP contribution in [-0.4, -0.2) is 9.55 Å². The van der Waals surface area contributed by atoms with Crippen LogP contribution in [0.1, 0.15) is 129 Å². The SMILES string of the molecule is CC(C)c1ccccc1-c1cc(Oc2[c-]c3c(cc2)c2ccccc2n3-c2cc(C(C)(C)c3ccccc3)ccn2)[c-]c(N2[CH-]N(c3cc(C(C)(C)C)cc(C(C)(C)C)c3)c3cc(C(C)(C)C)ccc32)c1.[Pt]. The van der Waals surface area contributed by atoms with Crippen LogP contribution < -0.4 is 14.5 Å². The Morgan fingerprint density at radius 2 is 1.19 bits per heavy atom. The van der Waals surface area contributed by atoms with E-state index < -0.39 is 0 Å². The third-order valence-electron chi connectivity index (χ3n) is 14.5. The van der Waals surface area contributed by atoms with Crippen LogP contribution in [0.5, 0.6) is 11.5 Å². The first kappa shape index (κ1) is 50.5. The van der Waals surface area contributed by atoms with Gasteiger partial charge in [0, 0.05) is 66.8 Å². The molecule has 0 atom stereocenters. The second-order valence-electron chi connectivity index (χ2n) is 23.4. The summed E-state index contributed by atoms with van der Waals surface area (Å²) in [5, 5.41) is 2.21. The van der Waals surface area contributed by atoms with Gasteiger partial charge in [0.15, 0.2) is 0 Å². The maximum absolute atomic E-state index is 7.04. The Morgan fingerprint density at radius 3 is 1.89 bits per heavy atom. The first-order chi connectivity index (χ1) is 33.6. The largest absolute Gasteiger partial charge is 0.509 e. The fraction of sp³-hybridized carbons (Fsp3) is 0.273. The van der Waals surface area contributed by atoms with Crippen molar-refractivity contribution in [3.05, 3.63) is 210 Å². The molecule has 2 aromatic heterocycles. The molecule has 7 aromatic carbocycles. The predicted octanol–water partition coefficient (Wildman–Crippen LogP) is 18.0. The molecule has 1 aliphatic heterocycles. The zero-order valence-corrected chi connectivity index (χ0v) is 46.5. The van der Waals surface area contributed by atoms with Gasteiger partial charge in [0.2, 0.25) is 0 Å². The molecule has 0 N–H and O–H groups in total. The number of benzene rings is 7. The van der Waals surface area contributed by atoms with Crippen molar-refractivity contribution < 1.29 is 25.8 Å². The summed E-state index contributed by atoms with van der Waals surface area (Å²) in [5.74, 6) is 2.33. The average molecular weight is 1130 g/mol. The van der Waals surface area contributed by atoms with Gasteiger partial charge in [-0.1, -0.05) is 180 Å². The molecule has 3 heterocycles. The van der Waals surface area contributed by atoms with Gasteiger partial charge in [-0.25, -0.2) is 4.98 Å². The van der Waals surface area contributed by atoms with Gasteiger partial charge in [0.25, 0.3) is 0 Å². The van der Waals surface area contributed by atoms with Crippen molar-refractivity contribution in [3.63, 3.8) is 0 Å². The van der Waals surface area contributed by atoms with E-state index in [0.717, 1.165) is 55.9 Å². The summed E-state index contributed by atoms with van der Waals surface area (Å²) < 4.78 is 9.27. The summed E-state index contributed by atoms with van der Waals surface area (Å²) in [6.45, 7) is 32.0. The Kier molecular flexibility index (Phi) is 13.2. The molecule has 0 bridgehead atoms. The van der Waals surface area contributed by atoms with Crippen LogP contribution in [0.2, 0.25) is 0 Å². The number of pyridine rings is 1. The van der Waals surface area contributed by atoms with Gasteiger partial charge in [-0.05, 0) is 109 Å². The van der Waals surface area contributed by atoms with Crippen molar-refractivity contribution in [2.24, 2.45) is 0 Å². The Balaban J connectivity index is 0.00000640. The smallest absolute Gasteiger partial charge is 0.135 e. The maximum atomic E-state index is 7.04. The van der Waals surface area contributed by atoms with E-state index in [1.807, 2.05) is 12.3 Å². The van der Waals surface area contributed by atoms with E-state index in [-0.39, 0.29) is 42.7 Å². The molecule has 5 nitrogen and oxygen atoms in total. The average Bonchev–Trinajstić information content (AvgIpc) is 3.89. The zero-order chi connectivity index (χ0) is 50.2. The topological polar surface area (TPSA) is 33.5 Å². The van der Waals surface area contributed by atoms with Crippen molar-refractivity contribution in [3.8, 4) is 28.4 Å². The molecule has 0 aliphatic carbocycles. The molecule has 0 amide bonds. The molecule has 0 saturated carbocycles. The van der Waals surface area contributed by atoms with Gasteiger partial charge < -0.3 is 19.1 Å². The third-order valence-corrected chi connectivity index (χ3v) is 14.5. The van der Waals surface area contributed by atoms with Gasteiger partial charge in [0.05, 0.1) is 0 Å². The third kappa shape index (κ3) is 9.54. The molecule has 0 radical (unpaired) electrons. The van der Waals surface area contributed by atoms with E-state index >= 15 is 0 Å². The van der Waals surface area contributed by atoms with Gasteiger partial charge in [-0.2, -0.15) is 6.07 Å². The van der Waals surface area contributed by atoms with Crippen LogP contribution in [0.4, 0.5) is 22.7 Å². The van der Waals surface area contributed by atoms with Crippen LogP contribution in [0.15, 0.2) is 158 Å². The van der Waals surface area contributed by atoms with Crippen molar-refractivity contribution in [1.29, 1.82) is 0 Å². The first-order valence-electron chi connectivity index (χ1n) is 25.2. The summed E-state index contributed by atoms with van der Waals surface area (Å²) in [4.78, 5) is 9.67. The van der Waals surface area contributed by atoms with Crippen LogP contribution in [0.3, 0.4) is 0 Å². The second kappa shape index (κ2) is 18.9. The number of rotatable bonds is 9. The van der Waals surface area contributed by atoms with Gasteiger partial charge in [0.1, 0.15) is 5.82 Å². The summed E-state index contributed by atoms with van der Waals surface area (Å²) in [6, 6.07) is 62.5. The molecule has 370 valence electrons. The number of hydrogen-bond acceptors (Lipinski definition) is 4. The number of aromatic nitrogens is 2. The van der Waals surface area contributed by atoms with E-state index in [1.54, 1.807) is 0 Å². The molecular weight excluding hydrogens is 1060 g/mol. The fourth-order valence-electron chi connectivity index (χ4n) is 10.0. The van der Waals surface area contributed by atoms with Crippen LogP contribution in [-0.2, 0) is 42.7 Å². The molecular formula is C66H67N4OPt-3. The van der Waals surface area contributed by atoms with Crippen molar-refractivity contribution >= 4 is 44.6 Å². The normalized spacial score (nSPS) is 13.2. The molecule has 10 rings (SSSR count). The van der Waals surface area contributed by atoms with E-state index in [4.69, 9.17) is 9.72 Å². The molecule has 1 aliphatic rings. The number of anilines is 4. The molecule has 0 spiro atoms. The van der Waals surface area contributed by atoms with Gasteiger partial charge in [-0.3, -0.25) is 0 Å². The number of ether oxygens (including phenoxy) is 1. The summed E-state index contributed by atoms with van der Waals surface area (Å²) >= 11 is 0. The number of hydrogen-bond donors (Lipinski definition) is 0. The molecule has 0 fully saturated rings. The number of para-hydroxylation sites is 1. The van der Waals surface area contributed by atoms with E-state index in [1.165, 1.54) is 38.9 Å². The molecule has 72 heavy (non-hydrogen) atoms. The standard InChI is InChI=1S/C66H67N4O.Pt/c1-43(2)54-23-17-18-24-55(54)44-33-50(68-42-69(61-38-46(63(3,4)5)27-30-59(61)68)51-36-48(64(6,7)8)35-49(37-51)65(9,10)11)40-53(34-44)71-52-28-29-57-56-25-19-20-26-58(56)70(60(57)41-52)62-39-47(31-32-67-62)66(12,13)45-21-15-14-16-22-45;/h14-39,42-43H,1-13H3;/q-3;. The van der Waals surface area contributed by atoms with Crippen LogP contribution in [0, 0.1) is 18.8 Å². The van der Waals surface area contributed by atoms with Crippen LogP contribution in [0.25, 0.3) is 38.8 Å². The van der Waals surface area contributed by atoms with Gasteiger partial charge in [-0.15, -0.1) is 53.6 Å². The molecule has 6 heteroatoms. The minimum Gasteiger partial charge on any atom is -0.509 e. The van der Waals surface area contributed by atoms with Gasteiger partial charge >= 0.3 is 0 Å². The zero-order valence-electron chi connectivity index (χ0n) is 44.2. The number of fused-ring (bicyclic) bond motifs is 4. The predicted molar refractivity (Wildman–Crippen MR) is 298 cm³/mol. The number of nitrogens with zero attached hydrogens (tertiary/aromatic N) is 4. The van der Waals surface area contributed by atoms with E-state index in [9.17, 15) is 0 Å². The molecule has 0 saturated heterocycles. The first-order valence-corrected chi connectivity index (χ1v) is 25.2. The fourth-order valence-corrected chi connectivity index (χ4v) is 10.0. The van der Waals surface area contributed by atoms with E-state index in [2.05, 4.69) is 269 Å². The maximum Gasteiger partial charge on any atom is 0.135 e. The molecule has 0 unspecified atom stereocenters. The second-order valence-corrected chi connectivity index (χ2v) is 23.4. The quantitative estimate of drug-likeness (QED) is 0.135. The Morgan fingerprint density at radius 1 is 0.528 bits per heavy atom. The summed E-state index contributed by atoms with van der Waals surface area (Å²) in [6.07, 6.45) is 1.93. The van der Waals surface area contributed by atoms with Crippen molar-refractivity contribution in [2.45, 2.75) is 118 Å². The Bertz CT molecular complexity index is 3420. The van der Waals surface area contributed by atoms with Crippen LogP contribution >= 0.6 is 0 Å². The molecule has 9 aromatic rings. The van der Waals surface area contributed by atoms with E-state index in [0.29, 0.717) is 17.4 Å². The Hall–Kier alpha value is -6.42. The Labute approximate surface area is 443 Å². The van der Waals surface area contributed by atoms with Crippen molar-refractivity contribution in [1.82, 2.24) is 9.55 Å².